The molecule has 4 nitrogen and oxygen atoms in total. The van der Waals surface area contributed by atoms with Gasteiger partial charge in [0.1, 0.15) is 0 Å². The van der Waals surface area contributed by atoms with E-state index in [1.165, 1.54) is 0 Å². The molecule has 1 amide bonds. The van der Waals surface area contributed by atoms with Gasteiger partial charge in [0, 0.05) is 13.1 Å². The van der Waals surface area contributed by atoms with E-state index >= 15 is 0 Å². The highest BCUT2D eigenvalue weighted by molar-refractivity contribution is 9.10. The first kappa shape index (κ1) is 9.95. The molecule has 1 fully saturated rings. The van der Waals surface area contributed by atoms with Crippen LogP contribution in [0.4, 0.5) is 0 Å². The van der Waals surface area contributed by atoms with Crippen LogP contribution in [0, 0.1) is 0 Å². The molecule has 5 heteroatoms. The number of nitrogens with one attached hydrogen (secondary N) is 1. The molecule has 0 spiro atoms. The highest BCUT2D eigenvalue weighted by Crippen LogP contribution is 1.98. The number of alkyl halides is 1. The van der Waals surface area contributed by atoms with Crippen LogP contribution >= 0.6 is 15.9 Å². The van der Waals surface area contributed by atoms with Crippen LogP contribution in [0.25, 0.3) is 0 Å². The first-order valence-electron chi connectivity index (χ1n) is 3.97. The van der Waals surface area contributed by atoms with Crippen LogP contribution in [-0.2, 0) is 9.53 Å². The minimum absolute atomic E-state index is 0.00287. The van der Waals surface area contributed by atoms with E-state index in [9.17, 15) is 4.79 Å². The monoisotopic (exact) mass is 236 g/mol. The number of amides is 1. The van der Waals surface area contributed by atoms with Gasteiger partial charge in [0.15, 0.2) is 0 Å². The molecule has 1 heterocycles. The van der Waals surface area contributed by atoms with E-state index in [4.69, 9.17) is 4.74 Å². The smallest absolute Gasteiger partial charge is 0.247 e. The van der Waals surface area contributed by atoms with Crippen molar-refractivity contribution in [1.29, 1.82) is 0 Å². The van der Waals surface area contributed by atoms with Gasteiger partial charge in [-0.3, -0.25) is 10.2 Å². The van der Waals surface area contributed by atoms with Crippen molar-refractivity contribution >= 4 is 21.8 Å². The van der Waals surface area contributed by atoms with Gasteiger partial charge < -0.3 is 4.74 Å². The van der Waals surface area contributed by atoms with E-state index < -0.39 is 0 Å². The summed E-state index contributed by atoms with van der Waals surface area (Å²) in [6.07, 6.45) is 0. The second-order valence-corrected chi connectivity index (χ2v) is 4.06. The number of rotatable bonds is 2. The molecule has 1 N–H and O–H groups in total. The molecule has 0 saturated carbocycles. The summed E-state index contributed by atoms with van der Waals surface area (Å²) in [5.74, 6) is -0.00287. The number of carbonyl (C=O) groups excluding carboxylic acids is 1. The topological polar surface area (TPSA) is 41.6 Å². The molecule has 0 aromatic heterocycles. The predicted molar refractivity (Wildman–Crippen MR) is 48.9 cm³/mol. The zero-order valence-corrected chi connectivity index (χ0v) is 8.63. The number of ether oxygens (including phenoxy) is 1. The van der Waals surface area contributed by atoms with Crippen LogP contribution in [0.2, 0.25) is 0 Å². The number of halogens is 1. The summed E-state index contributed by atoms with van der Waals surface area (Å²) >= 11 is 3.20. The third-order valence-electron chi connectivity index (χ3n) is 1.64. The fourth-order valence-corrected chi connectivity index (χ4v) is 1.02. The summed E-state index contributed by atoms with van der Waals surface area (Å²) in [6.45, 7) is 4.72. The molecule has 0 aromatic rings. The molecule has 1 aliphatic rings. The van der Waals surface area contributed by atoms with Crippen molar-refractivity contribution in [3.8, 4) is 0 Å². The van der Waals surface area contributed by atoms with Crippen molar-refractivity contribution in [2.24, 2.45) is 0 Å². The lowest BCUT2D eigenvalue weighted by atomic mass is 10.4. The van der Waals surface area contributed by atoms with E-state index in [1.807, 2.05) is 5.01 Å². The van der Waals surface area contributed by atoms with Gasteiger partial charge in [0.05, 0.1) is 18.0 Å². The highest BCUT2D eigenvalue weighted by Gasteiger charge is 2.15. The Balaban J connectivity index is 2.24. The number of carbonyl (C=O) groups is 1. The Morgan fingerprint density at radius 1 is 1.58 bits per heavy atom. The van der Waals surface area contributed by atoms with Crippen molar-refractivity contribution in [1.82, 2.24) is 10.4 Å². The van der Waals surface area contributed by atoms with Crippen molar-refractivity contribution in [3.63, 3.8) is 0 Å². The molecular formula is C7H13BrN2O2. The molecule has 70 valence electrons. The van der Waals surface area contributed by atoms with Crippen molar-refractivity contribution < 1.29 is 9.53 Å². The quantitative estimate of drug-likeness (QED) is 0.694. The molecule has 1 saturated heterocycles. The number of hydrazine groups is 1. The van der Waals surface area contributed by atoms with Crippen LogP contribution in [0.1, 0.15) is 6.92 Å². The third-order valence-corrected chi connectivity index (χ3v) is 2.06. The molecule has 1 unspecified atom stereocenters. The highest BCUT2D eigenvalue weighted by atomic mass is 79.9. The molecule has 0 radical (unpaired) electrons. The summed E-state index contributed by atoms with van der Waals surface area (Å²) in [6, 6.07) is 0. The first-order valence-corrected chi connectivity index (χ1v) is 4.89. The van der Waals surface area contributed by atoms with E-state index in [0.717, 1.165) is 13.1 Å². The van der Waals surface area contributed by atoms with Crippen molar-refractivity contribution in [2.45, 2.75) is 11.8 Å². The number of nitrogens with zero attached hydrogens (tertiary/aromatic N) is 1. The van der Waals surface area contributed by atoms with Gasteiger partial charge in [-0.15, -0.1) is 0 Å². The SMILES string of the molecule is CC(Br)C(=O)NN1CCOCC1. The Labute approximate surface area is 80.3 Å². The van der Waals surface area contributed by atoms with Gasteiger partial charge in [-0.1, -0.05) is 15.9 Å². The lowest BCUT2D eigenvalue weighted by Crippen LogP contribution is -2.50. The van der Waals surface area contributed by atoms with Gasteiger partial charge >= 0.3 is 0 Å². The normalized spacial score (nSPS) is 21.8. The summed E-state index contributed by atoms with van der Waals surface area (Å²) in [5.41, 5.74) is 2.79. The maximum Gasteiger partial charge on any atom is 0.247 e. The number of hydrogen-bond acceptors (Lipinski definition) is 3. The van der Waals surface area contributed by atoms with Gasteiger partial charge in [0.25, 0.3) is 0 Å². The zero-order valence-electron chi connectivity index (χ0n) is 7.05. The standard InChI is InChI=1S/C7H13BrN2O2/c1-6(8)7(11)9-10-2-4-12-5-3-10/h6H,2-5H2,1H3,(H,9,11). The third kappa shape index (κ3) is 3.08. The van der Waals surface area contributed by atoms with Gasteiger partial charge in [0.2, 0.25) is 5.91 Å². The van der Waals surface area contributed by atoms with Gasteiger partial charge in [-0.05, 0) is 6.92 Å². The van der Waals surface area contributed by atoms with Crippen molar-refractivity contribution in [2.75, 3.05) is 26.3 Å². The molecule has 0 bridgehead atoms. The second-order valence-electron chi connectivity index (χ2n) is 2.69. The number of hydrogen-bond donors (Lipinski definition) is 1. The Bertz CT molecular complexity index is 157. The van der Waals surface area contributed by atoms with Crippen LogP contribution in [0.15, 0.2) is 0 Å². The van der Waals surface area contributed by atoms with Crippen LogP contribution in [-0.4, -0.2) is 42.0 Å². The predicted octanol–water partition coefficient (Wildman–Crippen LogP) is 0.133. The maximum atomic E-state index is 11.2. The Morgan fingerprint density at radius 2 is 2.17 bits per heavy atom. The average Bonchev–Trinajstić information content (AvgIpc) is 2.06. The molecule has 1 aliphatic heterocycles. The summed E-state index contributed by atoms with van der Waals surface area (Å²) in [5, 5.41) is 1.88. The summed E-state index contributed by atoms with van der Waals surface area (Å²) in [4.78, 5) is 11.0. The molecule has 1 rings (SSSR count). The van der Waals surface area contributed by atoms with E-state index in [1.54, 1.807) is 6.92 Å². The van der Waals surface area contributed by atoms with E-state index in [-0.39, 0.29) is 10.7 Å². The lowest BCUT2D eigenvalue weighted by Gasteiger charge is -2.27. The minimum atomic E-state index is -0.139. The molecule has 12 heavy (non-hydrogen) atoms. The molecule has 1 atom stereocenters. The maximum absolute atomic E-state index is 11.2. The van der Waals surface area contributed by atoms with Crippen LogP contribution in [0.3, 0.4) is 0 Å². The number of morpholine rings is 1. The first-order chi connectivity index (χ1) is 5.70. The van der Waals surface area contributed by atoms with E-state index in [0.29, 0.717) is 13.2 Å². The molecule has 0 aromatic carbocycles. The summed E-state index contributed by atoms with van der Waals surface area (Å²) < 4.78 is 5.14. The average molecular weight is 237 g/mol. The minimum Gasteiger partial charge on any atom is -0.379 e. The molecule has 0 aliphatic carbocycles. The van der Waals surface area contributed by atoms with Gasteiger partial charge in [-0.25, -0.2) is 5.01 Å². The Morgan fingerprint density at radius 3 is 2.67 bits per heavy atom. The second kappa shape index (κ2) is 4.79. The largest absolute Gasteiger partial charge is 0.379 e. The summed E-state index contributed by atoms with van der Waals surface area (Å²) in [7, 11) is 0. The Kier molecular flexibility index (Phi) is 3.97. The van der Waals surface area contributed by atoms with Gasteiger partial charge in [-0.2, -0.15) is 0 Å². The van der Waals surface area contributed by atoms with Crippen LogP contribution in [0.5, 0.6) is 0 Å². The van der Waals surface area contributed by atoms with Crippen LogP contribution < -0.4 is 5.43 Å². The van der Waals surface area contributed by atoms with Crippen molar-refractivity contribution in [3.05, 3.63) is 0 Å². The fraction of sp³-hybridized carbons (Fsp3) is 0.857. The Hall–Kier alpha value is -0.130. The molecular weight excluding hydrogens is 224 g/mol. The zero-order chi connectivity index (χ0) is 8.97. The lowest BCUT2D eigenvalue weighted by molar-refractivity contribution is -0.127. The van der Waals surface area contributed by atoms with E-state index in [2.05, 4.69) is 21.4 Å². The fourth-order valence-electron chi connectivity index (χ4n) is 0.920.